The zero-order valence-corrected chi connectivity index (χ0v) is 24.8. The summed E-state index contributed by atoms with van der Waals surface area (Å²) in [7, 11) is 0. The summed E-state index contributed by atoms with van der Waals surface area (Å²) in [6.07, 6.45) is 1.24. The molecule has 6 atom stereocenters. The molecule has 4 N–H and O–H groups in total. The van der Waals surface area contributed by atoms with Crippen LogP contribution in [-0.2, 0) is 19.1 Å². The SMILES string of the molecule is CC1CC(OC(=O)c2ccccc2)C(C)CN1.CC1CC(OC(=O)c2ccccc2)C(C)CN1.O=C(O)CCC(=O)O. The molecule has 2 aromatic rings. The standard InChI is InChI=1S/2C14H19NO2.C4H6O4/c2*1-10-9-15-11(2)8-13(10)17-14(16)12-6-4-3-5-7-12;5-3(6)1-2-4(7)8/h2*3-7,10-11,13,15H,8-9H2,1-2H3;1-2H2,(H,5,6)(H,7,8). The van der Waals surface area contributed by atoms with E-state index in [0.717, 1.165) is 25.9 Å². The Balaban J connectivity index is 0.000000236. The minimum absolute atomic E-state index is 0.0268. The number of aliphatic carboxylic acids is 2. The fourth-order valence-corrected chi connectivity index (χ4v) is 4.47. The lowest BCUT2D eigenvalue weighted by Crippen LogP contribution is -2.45. The molecule has 2 aliphatic heterocycles. The van der Waals surface area contributed by atoms with E-state index in [2.05, 4.69) is 38.3 Å². The Morgan fingerprint density at radius 1 is 0.643 bits per heavy atom. The minimum atomic E-state index is -1.08. The van der Waals surface area contributed by atoms with E-state index in [1.54, 1.807) is 24.3 Å². The zero-order valence-electron chi connectivity index (χ0n) is 24.8. The van der Waals surface area contributed by atoms with Gasteiger partial charge in [0.1, 0.15) is 12.2 Å². The first-order chi connectivity index (χ1) is 20.0. The van der Waals surface area contributed by atoms with Crippen LogP contribution in [0.1, 0.15) is 74.1 Å². The second-order valence-electron chi connectivity index (χ2n) is 11.0. The molecule has 10 nitrogen and oxygen atoms in total. The average molecular weight is 585 g/mol. The fraction of sp³-hybridized carbons (Fsp3) is 0.500. The Labute approximate surface area is 247 Å². The third-order valence-corrected chi connectivity index (χ3v) is 7.11. The van der Waals surface area contributed by atoms with Gasteiger partial charge in [-0.15, -0.1) is 0 Å². The summed E-state index contributed by atoms with van der Waals surface area (Å²) < 4.78 is 11.2. The highest BCUT2D eigenvalue weighted by molar-refractivity contribution is 5.89. The van der Waals surface area contributed by atoms with Crippen LogP contribution < -0.4 is 10.6 Å². The molecule has 0 bridgehead atoms. The van der Waals surface area contributed by atoms with Crippen LogP contribution in [0.3, 0.4) is 0 Å². The number of ether oxygens (including phenoxy) is 2. The maximum atomic E-state index is 11.9. The van der Waals surface area contributed by atoms with E-state index in [0.29, 0.717) is 35.0 Å². The Bertz CT molecular complexity index is 1040. The third-order valence-electron chi connectivity index (χ3n) is 7.11. The number of carboxylic acids is 2. The van der Waals surface area contributed by atoms with E-state index in [-0.39, 0.29) is 37.0 Å². The molecule has 0 spiro atoms. The molecule has 2 fully saturated rings. The van der Waals surface area contributed by atoms with Crippen LogP contribution in [0.15, 0.2) is 60.7 Å². The van der Waals surface area contributed by atoms with Crippen molar-refractivity contribution in [1.82, 2.24) is 10.6 Å². The van der Waals surface area contributed by atoms with E-state index >= 15 is 0 Å². The van der Waals surface area contributed by atoms with Crippen LogP contribution in [0.2, 0.25) is 0 Å². The van der Waals surface area contributed by atoms with Crippen molar-refractivity contribution in [1.29, 1.82) is 0 Å². The number of carboxylic acid groups (broad SMARTS) is 2. The van der Waals surface area contributed by atoms with Crippen LogP contribution in [0.5, 0.6) is 0 Å². The number of esters is 2. The summed E-state index contributed by atoms with van der Waals surface area (Å²) >= 11 is 0. The molecule has 0 aromatic heterocycles. The predicted octanol–water partition coefficient (Wildman–Crippen LogP) is 4.40. The van der Waals surface area contributed by atoms with E-state index in [1.165, 1.54) is 0 Å². The van der Waals surface area contributed by atoms with Crippen molar-refractivity contribution in [2.24, 2.45) is 11.8 Å². The molecule has 42 heavy (non-hydrogen) atoms. The van der Waals surface area contributed by atoms with Gasteiger partial charge in [0.25, 0.3) is 0 Å². The van der Waals surface area contributed by atoms with E-state index in [9.17, 15) is 19.2 Å². The molecule has 0 radical (unpaired) electrons. The summed E-state index contributed by atoms with van der Waals surface area (Å²) in [6.45, 7) is 10.3. The van der Waals surface area contributed by atoms with Crippen molar-refractivity contribution in [2.45, 2.75) is 77.7 Å². The molecule has 0 saturated carbocycles. The summed E-state index contributed by atoms with van der Waals surface area (Å²) in [6, 6.07) is 19.2. The Kier molecular flexibility index (Phi) is 14.7. The van der Waals surface area contributed by atoms with Crippen molar-refractivity contribution in [3.8, 4) is 0 Å². The summed E-state index contributed by atoms with van der Waals surface area (Å²) in [5, 5.41) is 22.6. The van der Waals surface area contributed by atoms with Crippen molar-refractivity contribution in [3.05, 3.63) is 71.8 Å². The van der Waals surface area contributed by atoms with Gasteiger partial charge in [-0.1, -0.05) is 50.2 Å². The number of nitrogens with one attached hydrogen (secondary N) is 2. The monoisotopic (exact) mass is 584 g/mol. The van der Waals surface area contributed by atoms with Gasteiger partial charge in [0.2, 0.25) is 0 Å². The van der Waals surface area contributed by atoms with Crippen LogP contribution >= 0.6 is 0 Å². The Hall–Kier alpha value is -3.76. The average Bonchev–Trinajstić information content (AvgIpc) is 2.97. The third kappa shape index (κ3) is 12.8. The fourth-order valence-electron chi connectivity index (χ4n) is 4.47. The molecular weight excluding hydrogens is 540 g/mol. The molecule has 2 heterocycles. The lowest BCUT2D eigenvalue weighted by molar-refractivity contribution is -0.143. The summed E-state index contributed by atoms with van der Waals surface area (Å²) in [4.78, 5) is 43.1. The number of carbonyl (C=O) groups excluding carboxylic acids is 2. The predicted molar refractivity (Wildman–Crippen MR) is 158 cm³/mol. The molecule has 2 saturated heterocycles. The summed E-state index contributed by atoms with van der Waals surface area (Å²) in [5.41, 5.74) is 1.26. The molecule has 0 aliphatic carbocycles. The van der Waals surface area contributed by atoms with Crippen LogP contribution in [0, 0.1) is 11.8 Å². The molecule has 2 aliphatic rings. The summed E-state index contributed by atoms with van der Waals surface area (Å²) in [5.74, 6) is -1.83. The van der Waals surface area contributed by atoms with Gasteiger partial charge < -0.3 is 30.3 Å². The molecule has 6 unspecified atom stereocenters. The number of carbonyl (C=O) groups is 4. The smallest absolute Gasteiger partial charge is 0.338 e. The topological polar surface area (TPSA) is 151 Å². The van der Waals surface area contributed by atoms with Gasteiger partial charge in [-0.3, -0.25) is 9.59 Å². The lowest BCUT2D eigenvalue weighted by atomic mass is 9.93. The molecule has 10 heteroatoms. The van der Waals surface area contributed by atoms with E-state index in [1.807, 2.05) is 36.4 Å². The van der Waals surface area contributed by atoms with Gasteiger partial charge in [0.05, 0.1) is 24.0 Å². The maximum absolute atomic E-state index is 11.9. The number of rotatable bonds is 7. The quantitative estimate of drug-likeness (QED) is 0.345. The Morgan fingerprint density at radius 3 is 1.29 bits per heavy atom. The van der Waals surface area contributed by atoms with Gasteiger partial charge >= 0.3 is 23.9 Å². The number of hydrogen-bond donors (Lipinski definition) is 4. The van der Waals surface area contributed by atoms with Gasteiger partial charge in [0.15, 0.2) is 0 Å². The number of hydrogen-bond acceptors (Lipinski definition) is 8. The Morgan fingerprint density at radius 2 is 0.976 bits per heavy atom. The first-order valence-electron chi connectivity index (χ1n) is 14.4. The highest BCUT2D eigenvalue weighted by Crippen LogP contribution is 2.20. The second kappa shape index (κ2) is 17.9. The molecule has 4 rings (SSSR count). The van der Waals surface area contributed by atoms with Crippen LogP contribution in [0.25, 0.3) is 0 Å². The number of piperidine rings is 2. The maximum Gasteiger partial charge on any atom is 0.338 e. The first-order valence-corrected chi connectivity index (χ1v) is 14.4. The zero-order chi connectivity index (χ0) is 31.1. The molecular formula is C32H44N2O8. The van der Waals surface area contributed by atoms with Crippen LogP contribution in [0.4, 0.5) is 0 Å². The second-order valence-corrected chi connectivity index (χ2v) is 11.0. The molecule has 0 amide bonds. The van der Waals surface area contributed by atoms with Crippen molar-refractivity contribution in [2.75, 3.05) is 13.1 Å². The minimum Gasteiger partial charge on any atom is -0.481 e. The van der Waals surface area contributed by atoms with Crippen molar-refractivity contribution in [3.63, 3.8) is 0 Å². The highest BCUT2D eigenvalue weighted by atomic mass is 16.5. The largest absolute Gasteiger partial charge is 0.481 e. The van der Waals surface area contributed by atoms with Gasteiger partial charge in [-0.05, 0) is 51.0 Å². The van der Waals surface area contributed by atoms with Gasteiger partial charge in [-0.2, -0.15) is 0 Å². The van der Waals surface area contributed by atoms with Gasteiger partial charge in [0, 0.05) is 37.0 Å². The van der Waals surface area contributed by atoms with Crippen molar-refractivity contribution < 1.29 is 38.9 Å². The molecule has 2 aromatic carbocycles. The van der Waals surface area contributed by atoms with E-state index in [4.69, 9.17) is 19.7 Å². The highest BCUT2D eigenvalue weighted by Gasteiger charge is 2.29. The normalized spacial score (nSPS) is 24.9. The number of benzene rings is 2. The van der Waals surface area contributed by atoms with E-state index < -0.39 is 11.9 Å². The first kappa shape index (κ1) is 34.4. The van der Waals surface area contributed by atoms with Gasteiger partial charge in [-0.25, -0.2) is 9.59 Å². The lowest BCUT2D eigenvalue weighted by Gasteiger charge is -2.33. The van der Waals surface area contributed by atoms with Crippen LogP contribution in [-0.4, -0.2) is 71.5 Å². The van der Waals surface area contributed by atoms with Crippen molar-refractivity contribution >= 4 is 23.9 Å². The molecule has 230 valence electrons.